The van der Waals surface area contributed by atoms with Crippen molar-refractivity contribution in [2.45, 2.75) is 18.8 Å². The number of methoxy groups -OCH3 is 4. The molecule has 0 spiro atoms. The van der Waals surface area contributed by atoms with Crippen LogP contribution in [0.4, 0.5) is 0 Å². The molecule has 4 aromatic carbocycles. The van der Waals surface area contributed by atoms with Crippen molar-refractivity contribution in [1.29, 1.82) is 0 Å². The van der Waals surface area contributed by atoms with Gasteiger partial charge in [0, 0.05) is 39.0 Å². The van der Waals surface area contributed by atoms with E-state index >= 15 is 0 Å². The van der Waals surface area contributed by atoms with Crippen LogP contribution >= 0.6 is 0 Å². The molecule has 4 aromatic rings. The second-order valence-corrected chi connectivity index (χ2v) is 10.9. The minimum atomic E-state index is -0.719. The Balaban J connectivity index is 1.34. The van der Waals surface area contributed by atoms with Gasteiger partial charge in [0.25, 0.3) is 0 Å². The van der Waals surface area contributed by atoms with Crippen molar-refractivity contribution in [1.82, 2.24) is 0 Å². The smallest absolute Gasteiger partial charge is 0.193 e. The van der Waals surface area contributed by atoms with Gasteiger partial charge < -0.3 is 52.5 Å². The van der Waals surface area contributed by atoms with E-state index in [1.54, 1.807) is 43.5 Å². The Morgan fingerprint density at radius 3 is 2.08 bits per heavy atom. The fraction of sp³-hybridized carbons (Fsp3) is 0.289. The monoisotopic (exact) mass is 688 g/mol. The van der Waals surface area contributed by atoms with Crippen LogP contribution in [-0.4, -0.2) is 72.4 Å². The Morgan fingerprint density at radius 2 is 1.42 bits per heavy atom. The van der Waals surface area contributed by atoms with Gasteiger partial charge in [0.2, 0.25) is 0 Å². The number of allylic oxidation sites excluding steroid dienone is 1. The molecule has 0 saturated heterocycles. The summed E-state index contributed by atoms with van der Waals surface area (Å²) in [5.41, 5.74) is 2.57. The van der Waals surface area contributed by atoms with Crippen LogP contribution in [0.1, 0.15) is 33.2 Å². The number of carbonyl (C=O) groups excluding carboxylic acids is 1. The molecule has 1 heterocycles. The Morgan fingerprint density at radius 1 is 0.720 bits per heavy atom. The maximum Gasteiger partial charge on any atom is 0.193 e. The minimum absolute atomic E-state index is 0.0206. The first-order valence-electron chi connectivity index (χ1n) is 15.7. The fourth-order valence-corrected chi connectivity index (χ4v) is 5.13. The number of ketones is 1. The van der Waals surface area contributed by atoms with Crippen molar-refractivity contribution in [3.05, 3.63) is 107 Å². The van der Waals surface area contributed by atoms with E-state index in [2.05, 4.69) is 0 Å². The van der Waals surface area contributed by atoms with E-state index < -0.39 is 18.0 Å². The molecule has 0 unspecified atom stereocenters. The third kappa shape index (κ3) is 9.04. The highest BCUT2D eigenvalue weighted by molar-refractivity contribution is 6.10. The minimum Gasteiger partial charge on any atom is -0.493 e. The van der Waals surface area contributed by atoms with Crippen LogP contribution in [-0.2, 0) is 20.8 Å². The van der Waals surface area contributed by atoms with Gasteiger partial charge in [0.15, 0.2) is 61.4 Å². The van der Waals surface area contributed by atoms with Gasteiger partial charge in [-0.2, -0.15) is 0 Å². The van der Waals surface area contributed by atoms with E-state index in [-0.39, 0.29) is 44.0 Å². The average Bonchev–Trinajstić information content (AvgIpc) is 3.16. The van der Waals surface area contributed by atoms with Crippen LogP contribution in [0.15, 0.2) is 84.9 Å². The van der Waals surface area contributed by atoms with Crippen molar-refractivity contribution in [3.63, 3.8) is 0 Å². The van der Waals surface area contributed by atoms with Gasteiger partial charge in [-0.05, 0) is 41.5 Å². The van der Waals surface area contributed by atoms with Gasteiger partial charge in [-0.1, -0.05) is 48.5 Å². The third-order valence-electron chi connectivity index (χ3n) is 7.49. The highest BCUT2D eigenvalue weighted by Crippen LogP contribution is 2.42. The Kier molecular flexibility index (Phi) is 12.9. The molecular weight excluding hydrogens is 648 g/mol. The SMILES string of the molecule is COCOc1cc(OCOC)c(C(=O)/C=C/c2ccc3c(c2)O[C@H](CO)[C@@H](c2ccc(OCc4ccccc4)c(OC)c2)O3)c(OCOC)c1. The van der Waals surface area contributed by atoms with Crippen molar-refractivity contribution < 1.29 is 57.3 Å². The van der Waals surface area contributed by atoms with E-state index in [0.29, 0.717) is 40.9 Å². The van der Waals surface area contributed by atoms with Crippen LogP contribution < -0.4 is 33.2 Å². The first kappa shape index (κ1) is 36.0. The molecule has 1 aliphatic rings. The lowest BCUT2D eigenvalue weighted by molar-refractivity contribution is -0.0124. The lowest BCUT2D eigenvalue weighted by Gasteiger charge is -2.33. The van der Waals surface area contributed by atoms with Gasteiger partial charge in [-0.25, -0.2) is 0 Å². The topological polar surface area (TPSA) is 130 Å². The first-order valence-corrected chi connectivity index (χ1v) is 15.7. The van der Waals surface area contributed by atoms with E-state index in [1.165, 1.54) is 27.4 Å². The molecule has 5 rings (SSSR count). The van der Waals surface area contributed by atoms with Gasteiger partial charge in [-0.3, -0.25) is 4.79 Å². The molecule has 0 amide bonds. The molecule has 0 aliphatic carbocycles. The molecule has 1 N–H and O–H groups in total. The zero-order valence-electron chi connectivity index (χ0n) is 28.3. The zero-order chi connectivity index (χ0) is 35.3. The molecule has 1 aliphatic heterocycles. The lowest BCUT2D eigenvalue weighted by atomic mass is 10.0. The molecule has 0 saturated carbocycles. The predicted octanol–water partition coefficient (Wildman–Crippen LogP) is 5.99. The van der Waals surface area contributed by atoms with Crippen LogP contribution in [0.2, 0.25) is 0 Å². The van der Waals surface area contributed by atoms with E-state index in [1.807, 2.05) is 48.5 Å². The zero-order valence-corrected chi connectivity index (χ0v) is 28.3. The molecule has 0 fully saturated rings. The molecule has 264 valence electrons. The summed E-state index contributed by atoms with van der Waals surface area (Å²) in [6, 6.07) is 23.7. The molecule has 2 atom stereocenters. The van der Waals surface area contributed by atoms with Gasteiger partial charge in [-0.15, -0.1) is 0 Å². The largest absolute Gasteiger partial charge is 0.493 e. The number of hydrogen-bond acceptors (Lipinski definition) is 12. The summed E-state index contributed by atoms with van der Waals surface area (Å²) < 4.78 is 56.2. The van der Waals surface area contributed by atoms with Crippen LogP contribution in [0, 0.1) is 0 Å². The number of fused-ring (bicyclic) bond motifs is 1. The maximum absolute atomic E-state index is 13.6. The molecule has 0 aromatic heterocycles. The molecular formula is C38H40O12. The van der Waals surface area contributed by atoms with Crippen molar-refractivity contribution in [2.24, 2.45) is 0 Å². The Hall–Kier alpha value is -5.27. The van der Waals surface area contributed by atoms with Crippen molar-refractivity contribution in [2.75, 3.05) is 55.4 Å². The molecule has 0 radical (unpaired) electrons. The molecule has 0 bridgehead atoms. The average molecular weight is 689 g/mol. The summed E-state index contributed by atoms with van der Waals surface area (Å²) in [5, 5.41) is 10.3. The normalized spacial score (nSPS) is 15.1. The summed E-state index contributed by atoms with van der Waals surface area (Å²) in [5.74, 6) is 2.32. The van der Waals surface area contributed by atoms with Crippen LogP contribution in [0.25, 0.3) is 6.08 Å². The number of hydrogen-bond donors (Lipinski definition) is 1. The predicted molar refractivity (Wildman–Crippen MR) is 182 cm³/mol. The van der Waals surface area contributed by atoms with Crippen molar-refractivity contribution >= 4 is 11.9 Å². The van der Waals surface area contributed by atoms with Crippen LogP contribution in [0.3, 0.4) is 0 Å². The summed E-state index contributed by atoms with van der Waals surface area (Å²) in [6.45, 7) is -0.176. The van der Waals surface area contributed by atoms with E-state index in [0.717, 1.165) is 11.1 Å². The molecule has 50 heavy (non-hydrogen) atoms. The second-order valence-electron chi connectivity index (χ2n) is 10.9. The van der Waals surface area contributed by atoms with E-state index in [9.17, 15) is 9.90 Å². The van der Waals surface area contributed by atoms with E-state index in [4.69, 9.17) is 47.4 Å². The number of ether oxygens (including phenoxy) is 10. The first-order chi connectivity index (χ1) is 24.5. The lowest BCUT2D eigenvalue weighted by Crippen LogP contribution is -2.36. The summed E-state index contributed by atoms with van der Waals surface area (Å²) in [4.78, 5) is 13.6. The van der Waals surface area contributed by atoms with Gasteiger partial charge in [0.05, 0.1) is 13.7 Å². The highest BCUT2D eigenvalue weighted by atomic mass is 16.7. The van der Waals surface area contributed by atoms with Crippen LogP contribution in [0.5, 0.6) is 40.2 Å². The molecule has 12 heteroatoms. The third-order valence-corrected chi connectivity index (χ3v) is 7.49. The Labute approximate surface area is 290 Å². The van der Waals surface area contributed by atoms with Crippen molar-refractivity contribution in [3.8, 4) is 40.2 Å². The molecule has 12 nitrogen and oxygen atoms in total. The number of rotatable bonds is 18. The number of aliphatic hydroxyl groups excluding tert-OH is 1. The Bertz CT molecular complexity index is 1710. The summed E-state index contributed by atoms with van der Waals surface area (Å²) in [6.07, 6.45) is 1.67. The van der Waals surface area contributed by atoms with Gasteiger partial charge >= 0.3 is 0 Å². The second kappa shape index (κ2) is 17.9. The number of benzene rings is 4. The summed E-state index contributed by atoms with van der Waals surface area (Å²) in [7, 11) is 6.00. The van der Waals surface area contributed by atoms with Gasteiger partial charge in [0.1, 0.15) is 29.4 Å². The maximum atomic E-state index is 13.6. The number of aliphatic hydroxyl groups is 1. The summed E-state index contributed by atoms with van der Waals surface area (Å²) >= 11 is 0. The quantitative estimate of drug-likeness (QED) is 0.0749. The highest BCUT2D eigenvalue weighted by Gasteiger charge is 2.33. The number of carbonyl (C=O) groups is 1. The standard InChI is InChI=1S/C38H40O12/c1-41-22-46-28-18-34(47-23-42-2)37(35(19-28)48-24-43-3)29(40)13-10-25-11-14-31-33(16-25)49-36(20-39)38(50-31)27-12-15-30(32(17-27)44-4)45-21-26-8-6-5-7-9-26/h5-19,36,38-39H,20-24H2,1-4H3/b13-10+/t36-,38-/m1/s1. The fourth-order valence-electron chi connectivity index (χ4n) is 5.13.